The van der Waals surface area contributed by atoms with Crippen LogP contribution in [0.25, 0.3) is 0 Å². The summed E-state index contributed by atoms with van der Waals surface area (Å²) in [4.78, 5) is 44.2. The second-order valence-corrected chi connectivity index (χ2v) is 16.7. The van der Waals surface area contributed by atoms with Crippen molar-refractivity contribution in [3.05, 3.63) is 62.2 Å². The number of nitrogens with two attached hydrogens (primary N) is 2. The molecule has 0 amide bonds. The number of rotatable bonds is 9. The van der Waals surface area contributed by atoms with Crippen LogP contribution in [0.5, 0.6) is 11.5 Å². The zero-order chi connectivity index (χ0) is 36.8. The van der Waals surface area contributed by atoms with Gasteiger partial charge in [-0.05, 0) is 141 Å². The maximum Gasteiger partial charge on any atom is 0.316 e. The molecule has 0 spiro atoms. The molecule has 4 saturated carbocycles. The van der Waals surface area contributed by atoms with Crippen molar-refractivity contribution in [1.29, 1.82) is 0 Å². The lowest BCUT2D eigenvalue weighted by Crippen LogP contribution is -2.42. The lowest BCUT2D eigenvalue weighted by atomic mass is 9.55. The Bertz CT molecular complexity index is 1730. The molecule has 0 aromatic heterocycles. The van der Waals surface area contributed by atoms with E-state index in [2.05, 4.69) is 51.5 Å². The lowest BCUT2D eigenvalue weighted by molar-refractivity contribution is -0.386. The minimum absolute atomic E-state index is 0.0186. The minimum Gasteiger partial charge on any atom is -0.398 e. The average Bonchev–Trinajstić information content (AvgIpc) is 3.61. The van der Waals surface area contributed by atoms with Crippen LogP contribution in [0, 0.1) is 51.5 Å². The first-order chi connectivity index (χ1) is 25.0. The second kappa shape index (κ2) is 15.2. The Morgan fingerprint density at radius 1 is 0.750 bits per heavy atom. The summed E-state index contributed by atoms with van der Waals surface area (Å²) in [6.07, 6.45) is 11.1. The summed E-state index contributed by atoms with van der Waals surface area (Å²) in [7, 11) is 0. The van der Waals surface area contributed by atoms with E-state index in [4.69, 9.17) is 20.2 Å². The van der Waals surface area contributed by atoms with Crippen LogP contribution in [0.1, 0.15) is 118 Å². The largest absolute Gasteiger partial charge is 0.398 e. The van der Waals surface area contributed by atoms with Crippen molar-refractivity contribution < 1.29 is 41.5 Å². The Morgan fingerprint density at radius 3 is 1.88 bits per heavy atom. The molecule has 13 nitrogen and oxygen atoms in total. The first-order valence-corrected chi connectivity index (χ1v) is 19.6. The normalized spacial score (nSPS) is 32.6. The van der Waals surface area contributed by atoms with Gasteiger partial charge in [-0.25, -0.2) is 0 Å². The number of hydrogen-bond acceptors (Lipinski definition) is 14. The molecular formula is C37H47N3O10S2. The van der Waals surface area contributed by atoms with E-state index < -0.39 is 4.92 Å². The highest BCUT2D eigenvalue weighted by atomic mass is 32.2. The summed E-state index contributed by atoms with van der Waals surface area (Å²) in [5, 5.41) is 11.7. The summed E-state index contributed by atoms with van der Waals surface area (Å²) in [5.41, 5.74) is 5.40. The van der Waals surface area contributed by atoms with Gasteiger partial charge >= 0.3 is 5.69 Å². The fourth-order valence-electron chi connectivity index (χ4n) is 11.4. The Morgan fingerprint density at radius 2 is 1.31 bits per heavy atom. The van der Waals surface area contributed by atoms with Gasteiger partial charge in [-0.15, -0.1) is 18.6 Å². The van der Waals surface area contributed by atoms with Crippen LogP contribution in [-0.2, 0) is 41.1 Å². The van der Waals surface area contributed by atoms with E-state index in [1.807, 2.05) is 6.07 Å². The number of Topliss-reactive ketones (excluding diaryl/α,β-unsaturated/α-hetero) is 2. The molecule has 8 atom stereocenters. The smallest absolute Gasteiger partial charge is 0.316 e. The number of nitro benzene ring substituents is 1. The van der Waals surface area contributed by atoms with E-state index in [0.29, 0.717) is 66.3 Å². The molecule has 4 N–H and O–H groups in total. The fourth-order valence-corrected chi connectivity index (χ4v) is 12.0. The van der Waals surface area contributed by atoms with E-state index in [0.717, 1.165) is 92.6 Å². The Labute approximate surface area is 312 Å². The number of ketones is 2. The molecule has 4 fully saturated rings. The molecule has 0 heterocycles. The number of fused-ring (bicyclic) bond motifs is 10. The van der Waals surface area contributed by atoms with Gasteiger partial charge in [0.25, 0.3) is 24.6 Å². The summed E-state index contributed by atoms with van der Waals surface area (Å²) in [6.45, 7) is 6.39. The molecule has 0 bridgehead atoms. The predicted molar refractivity (Wildman–Crippen MR) is 193 cm³/mol. The number of carbonyl (C=O) groups is 2. The molecule has 0 saturated heterocycles. The Kier molecular flexibility index (Phi) is 11.0. The van der Waals surface area contributed by atoms with Crippen LogP contribution in [0.4, 0.5) is 5.69 Å². The monoisotopic (exact) mass is 757 g/mol. The zero-order valence-corrected chi connectivity index (χ0v) is 31.4. The molecule has 6 aliphatic carbocycles. The maximum atomic E-state index is 12.4. The number of nitro groups is 1. The van der Waals surface area contributed by atoms with Crippen molar-refractivity contribution in [3.63, 3.8) is 0 Å². The van der Waals surface area contributed by atoms with Crippen LogP contribution >= 0.6 is 24.6 Å². The average molecular weight is 758 g/mol. The van der Waals surface area contributed by atoms with Crippen LogP contribution in [0.15, 0.2) is 24.3 Å². The summed E-state index contributed by atoms with van der Waals surface area (Å²) >= 11 is 1.16. The molecular weight excluding hydrogens is 711 g/mol. The van der Waals surface area contributed by atoms with Gasteiger partial charge in [-0.2, -0.15) is 11.8 Å². The van der Waals surface area contributed by atoms with Crippen molar-refractivity contribution in [3.8, 4) is 11.5 Å². The number of nitrogens with zero attached hydrogens (tertiary/aromatic N) is 1. The van der Waals surface area contributed by atoms with E-state index in [-0.39, 0.29) is 28.2 Å². The third-order valence-corrected chi connectivity index (χ3v) is 14.6. The first-order valence-electron chi connectivity index (χ1n) is 18.3. The highest BCUT2D eigenvalue weighted by Gasteiger charge is 2.56. The molecule has 52 heavy (non-hydrogen) atoms. The van der Waals surface area contributed by atoms with Crippen molar-refractivity contribution in [1.82, 2.24) is 0 Å². The van der Waals surface area contributed by atoms with E-state index in [1.165, 1.54) is 17.5 Å². The molecule has 6 aliphatic rings. The van der Waals surface area contributed by atoms with E-state index in [9.17, 15) is 19.7 Å². The summed E-state index contributed by atoms with van der Waals surface area (Å²) in [5.74, 6) is 14.2. The quantitative estimate of drug-likeness (QED) is 0.0825. The highest BCUT2D eigenvalue weighted by Crippen LogP contribution is 2.61. The lowest BCUT2D eigenvalue weighted by Gasteiger charge is -2.48. The van der Waals surface area contributed by atoms with Crippen LogP contribution in [0.2, 0.25) is 0 Å². The first kappa shape index (κ1) is 37.6. The van der Waals surface area contributed by atoms with E-state index >= 15 is 0 Å². The molecule has 15 heteroatoms. The molecule has 8 unspecified atom stereocenters. The molecule has 2 aromatic rings. The zero-order valence-electron chi connectivity index (χ0n) is 29.8. The van der Waals surface area contributed by atoms with Gasteiger partial charge in [-0.1, -0.05) is 26.0 Å². The van der Waals surface area contributed by atoms with Crippen LogP contribution in [-0.4, -0.2) is 16.5 Å². The molecule has 0 aliphatic heterocycles. The number of carbonyl (C=O) groups excluding carboxylic acids is 2. The Hall–Kier alpha value is -2.76. The van der Waals surface area contributed by atoms with Crippen molar-refractivity contribution >= 4 is 41.9 Å². The standard InChI is InChI=1S/C19H25NO4S.C18H22N2O6S/c1-11-9-15-12(10-17(11)22-25-24-23-20)3-4-14-13(15)7-8-19(2)16(14)5-6-18(19)21;1-18-9-8-11-10-4-6-15(24-27-26-25-19)17(20(22)23)13(10)3-2-12(11)14(18)5-7-16(18)21/h9-10,13-14,16H,3-8,20H2,1-2H3;4,6,11-12,14H,2-3,5,7-9,19H2,1H3. The molecule has 8 rings (SSSR count). The number of aryl methyl sites for hydroxylation is 2. The van der Waals surface area contributed by atoms with Crippen LogP contribution in [0.3, 0.4) is 0 Å². The van der Waals surface area contributed by atoms with Crippen LogP contribution < -0.4 is 20.2 Å². The highest BCUT2D eigenvalue weighted by molar-refractivity contribution is 7.90. The fraction of sp³-hybridized carbons (Fsp3) is 0.622. The van der Waals surface area contributed by atoms with Crippen molar-refractivity contribution in [2.24, 2.45) is 46.3 Å². The van der Waals surface area contributed by atoms with Gasteiger partial charge in [0.15, 0.2) is 0 Å². The predicted octanol–water partition coefficient (Wildman–Crippen LogP) is 7.97. The third kappa shape index (κ3) is 6.54. The summed E-state index contributed by atoms with van der Waals surface area (Å²) < 4.78 is 19.7. The van der Waals surface area contributed by atoms with Gasteiger partial charge in [0.05, 0.1) is 4.92 Å². The van der Waals surface area contributed by atoms with E-state index in [1.54, 1.807) is 6.07 Å². The second-order valence-electron chi connectivity index (χ2n) is 15.9. The van der Waals surface area contributed by atoms with Gasteiger partial charge < -0.3 is 8.37 Å². The van der Waals surface area contributed by atoms with Crippen molar-refractivity contribution in [2.45, 2.75) is 110 Å². The Balaban J connectivity index is 0.000000162. The minimum atomic E-state index is -0.398. The number of benzene rings is 2. The SMILES string of the molecule is CC12CCC3c4ccc(OSOON)c([N+](=O)[O-])c4CCC3C1CCC2=O.Cc1cc2c(cc1OSOON)CCC1C2CCC2(C)C(=O)CCC12. The molecule has 0 radical (unpaired) electrons. The topological polar surface area (TPSA) is 185 Å². The van der Waals surface area contributed by atoms with Gasteiger partial charge in [0, 0.05) is 29.2 Å². The van der Waals surface area contributed by atoms with Gasteiger partial charge in [0.1, 0.15) is 17.3 Å². The summed E-state index contributed by atoms with van der Waals surface area (Å²) in [6, 6.07) is 7.93. The molecule has 282 valence electrons. The molecule has 2 aromatic carbocycles. The van der Waals surface area contributed by atoms with Gasteiger partial charge in [0.2, 0.25) is 5.75 Å². The maximum absolute atomic E-state index is 12.4. The number of hydrogen-bond donors (Lipinski definition) is 2. The third-order valence-electron chi connectivity index (χ3n) is 13.8. The van der Waals surface area contributed by atoms with Gasteiger partial charge in [-0.3, -0.25) is 19.7 Å². The van der Waals surface area contributed by atoms with Crippen molar-refractivity contribution in [2.75, 3.05) is 0 Å².